The van der Waals surface area contributed by atoms with Crippen LogP contribution in [0.4, 0.5) is 17.5 Å². The number of hydrogen-bond donors (Lipinski definition) is 6. The summed E-state index contributed by atoms with van der Waals surface area (Å²) in [6, 6.07) is 22.8. The first-order valence-corrected chi connectivity index (χ1v) is 72.6. The van der Waals surface area contributed by atoms with E-state index in [0.29, 0.717) is 64.4 Å². The molecule has 15 rings (SSSR count). The number of ether oxygens (including phenoxy) is 6. The van der Waals surface area contributed by atoms with Gasteiger partial charge in [0.15, 0.2) is 24.2 Å². The summed E-state index contributed by atoms with van der Waals surface area (Å²) >= 11 is 21.1. The number of pyridine rings is 6. The van der Waals surface area contributed by atoms with Crippen LogP contribution in [0.15, 0.2) is 110 Å². The molecule has 3 amide bonds. The second kappa shape index (κ2) is 66.5. The molecule has 12 heterocycles. The molecule has 3 fully saturated rings. The van der Waals surface area contributed by atoms with Crippen LogP contribution in [0.1, 0.15) is 220 Å². The van der Waals surface area contributed by atoms with Gasteiger partial charge in [-0.3, -0.25) is 29.1 Å². The minimum atomic E-state index is -0.867. The number of fused-ring (bicyclic) bond motifs is 3. The molecule has 798 valence electrons. The number of carboxylic acid groups (broad SMARTS) is 1. The van der Waals surface area contributed by atoms with E-state index in [9.17, 15) is 19.2 Å². The van der Waals surface area contributed by atoms with Gasteiger partial charge in [0.2, 0.25) is 23.0 Å². The molecule has 0 saturated carbocycles. The fourth-order valence-electron chi connectivity index (χ4n) is 15.5. The number of aryl methyl sites for hydroxylation is 3. The molecule has 6 aliphatic rings. The van der Waals surface area contributed by atoms with Crippen molar-refractivity contribution in [1.29, 1.82) is 0 Å². The fourth-order valence-corrected chi connectivity index (χ4v) is 18.6. The summed E-state index contributed by atoms with van der Waals surface area (Å²) < 4.78 is 36.0. The average Bonchev–Trinajstić information content (AvgIpc) is 1.58. The van der Waals surface area contributed by atoms with Gasteiger partial charge < -0.3 is 64.9 Å². The molecule has 146 heavy (non-hydrogen) atoms. The molecule has 3 atom stereocenters. The summed E-state index contributed by atoms with van der Waals surface area (Å²) in [5.41, 5.74) is 13.4. The van der Waals surface area contributed by atoms with E-state index in [4.69, 9.17) is 110 Å². The number of anilines is 3. The van der Waals surface area contributed by atoms with Crippen LogP contribution >= 0.6 is 46.4 Å². The van der Waals surface area contributed by atoms with Crippen molar-refractivity contribution < 1.29 is 62.9 Å². The van der Waals surface area contributed by atoms with Crippen molar-refractivity contribution >= 4 is 152 Å². The maximum atomic E-state index is 12.5. The van der Waals surface area contributed by atoms with Crippen molar-refractivity contribution in [1.82, 2.24) is 75.8 Å². The average molecular weight is 2410 g/mol. The molecule has 4 radical (unpaired) electrons. The normalized spacial score (nSPS) is 15.4. The molecule has 3 aliphatic heterocycles. The number of aliphatic hydroxyl groups is 2. The molecule has 3 aliphatic carbocycles. The number of carbonyl (C=O) groups excluding carboxylic acids is 3. The van der Waals surface area contributed by atoms with Crippen molar-refractivity contribution in [2.75, 3.05) is 108 Å². The number of halogens is 4. The van der Waals surface area contributed by atoms with Crippen LogP contribution in [0.5, 0.6) is 0 Å². The Morgan fingerprint density at radius 2 is 0.719 bits per heavy atom. The Morgan fingerprint density at radius 1 is 0.411 bits per heavy atom. The zero-order valence-corrected chi connectivity index (χ0v) is 101. The van der Waals surface area contributed by atoms with Gasteiger partial charge in [-0.15, -0.1) is 0 Å². The van der Waals surface area contributed by atoms with Gasteiger partial charge in [-0.2, -0.15) is 0 Å². The number of aliphatic hydroxyl groups excluding tert-OH is 2. The fraction of sp³-hybridized carbons (Fsp3) is 0.574. The molecule has 0 bridgehead atoms. The van der Waals surface area contributed by atoms with Crippen molar-refractivity contribution in [3.05, 3.63) is 198 Å². The predicted octanol–water partition coefficient (Wildman–Crippen LogP) is 17.9. The third-order valence-electron chi connectivity index (χ3n) is 21.9. The number of rotatable bonds is 31. The van der Waals surface area contributed by atoms with Crippen LogP contribution in [0.3, 0.4) is 0 Å². The van der Waals surface area contributed by atoms with E-state index in [1.54, 1.807) is 42.9 Å². The van der Waals surface area contributed by atoms with E-state index in [0.717, 1.165) is 219 Å². The maximum absolute atomic E-state index is 12.5. The van der Waals surface area contributed by atoms with Crippen LogP contribution in [-0.4, -0.2) is 289 Å². The van der Waals surface area contributed by atoms with E-state index in [-0.39, 0.29) is 97.8 Å². The number of nitrogens with one attached hydrogen (secondary N) is 3. The first kappa shape index (κ1) is 126. The third-order valence-corrected chi connectivity index (χ3v) is 26.0. The van der Waals surface area contributed by atoms with Crippen molar-refractivity contribution in [2.45, 2.75) is 299 Å². The van der Waals surface area contributed by atoms with Crippen LogP contribution < -0.4 is 34.4 Å². The number of hydrogen-bond acceptors (Lipinski definition) is 27. The quantitative estimate of drug-likeness (QED) is 0.0133. The molecule has 6 N–H and O–H groups in total. The predicted molar refractivity (Wildman–Crippen MR) is 589 cm³/mol. The molecule has 31 nitrogen and oxygen atoms in total. The second-order valence-corrected chi connectivity index (χ2v) is 65.3. The summed E-state index contributed by atoms with van der Waals surface area (Å²) in [4.78, 5) is 120. The van der Waals surface area contributed by atoms with Gasteiger partial charge in [-0.05, 0) is 254 Å². The van der Waals surface area contributed by atoms with Gasteiger partial charge in [0, 0.05) is 123 Å². The van der Waals surface area contributed by atoms with Gasteiger partial charge in [0.25, 0.3) is 0 Å². The number of carboxylic acids is 1. The van der Waals surface area contributed by atoms with Crippen molar-refractivity contribution in [3.63, 3.8) is 0 Å². The van der Waals surface area contributed by atoms with Crippen LogP contribution in [0, 0.1) is 0 Å². The Bertz CT molecular complexity index is 5320. The SMILES string of the molecule is CN(CC(=O)NC(C)(C)C)c1nc(-c2ccc(CCO)cn2)nc2c1CCC2.CN(CC(=O)NC(C)(C)C)c1nc(-c2ccc(CCOC3CCCCO3)cn2)nc2c1CCC2.CN(CC(=O)NC(C)(C)C)c1nc(Cl)nc2c1CCC2.C[CH](C)[Sn][c]1ccc(CCOC2CCCCO2)cn1.Clc1ccc(CCOC2CCCCO2)cn1.O=C(O)Cc1ccc(Cl)nc1.OCCc1ccc(Cl)nc1.[CH3][Sn]([CH3])[CH3].[CH3][Sn]([CH3])[CH3]. The number of likely N-dealkylation sites (N-methyl/N-ethyl adjacent to an activating group) is 3. The van der Waals surface area contributed by atoms with Crippen LogP contribution in [0.25, 0.3) is 23.0 Å². The van der Waals surface area contributed by atoms with E-state index in [1.807, 2.05) is 141 Å². The Hall–Kier alpha value is -7.34. The Balaban J connectivity index is 0.000000235. The second-order valence-electron chi connectivity index (χ2n) is 41.0. The summed E-state index contributed by atoms with van der Waals surface area (Å²) in [6.45, 7) is 27.8. The number of carbonyl (C=O) groups is 4. The molecule has 9 aromatic rings. The summed E-state index contributed by atoms with van der Waals surface area (Å²) in [5.74, 6) is 2.65. The molecular weight excluding hydrogens is 2260 g/mol. The van der Waals surface area contributed by atoms with Gasteiger partial charge in [-0.1, -0.05) is 65.1 Å². The minimum absolute atomic E-state index is 0.00555. The van der Waals surface area contributed by atoms with Crippen LogP contribution in [0.2, 0.25) is 54.3 Å². The Kier molecular flexibility index (Phi) is 57.2. The van der Waals surface area contributed by atoms with Gasteiger partial charge >= 0.3 is 201 Å². The molecule has 38 heteroatoms. The van der Waals surface area contributed by atoms with E-state index in [2.05, 4.69) is 118 Å². The molecule has 9 aromatic heterocycles. The number of aromatic nitrogens is 12. The first-order valence-electron chi connectivity index (χ1n) is 50.9. The summed E-state index contributed by atoms with van der Waals surface area (Å²) in [6.07, 6.45) is 33.1. The van der Waals surface area contributed by atoms with Crippen molar-refractivity contribution in [2.24, 2.45) is 0 Å². The molecule has 0 spiro atoms. The van der Waals surface area contributed by atoms with Crippen LogP contribution in [-0.2, 0) is 125 Å². The van der Waals surface area contributed by atoms with E-state index >= 15 is 0 Å². The van der Waals surface area contributed by atoms with Gasteiger partial charge in [-0.25, -0.2) is 44.9 Å². The third kappa shape index (κ3) is 51.2. The number of amides is 3. The standard InChI is InChI=1S/C26H37N5O3.C21H29N5O2.C14H21ClN4O.C12H16ClNO2.C12H16NO2.C7H6ClNO2.C7H8ClNO.C3H7.6CH3.3Sn/c1-26(2,3)30-22(32)17-31(4)25-19-8-7-9-20(19)28-24(29-25)21-12-11-18(16-27-21)13-15-34-23-10-5-6-14-33-23;1-21(2,3)25-18(28)13-26(4)20-15-6-5-7-16(15)23-19(24-20)17-9-8-14(10-11-27)12-22-17;1-14(2,3)18-11(20)8-19(4)12-9-6-5-7-10(9)16-13(15)17-12;13-11-5-4-10(9-14-11)6-8-16-12-3-1-2-7-15-12;1-2-8-14-12(5-1)15-9-6-11-4-3-7-13-10-11;8-6-2-1-5(4-9-6)3-7(10)11;8-7-2-1-6(3-4-10)5-9-7;1-3-2;;;;;;;;;/h11-12,16,23H,5-10,13-15,17H2,1-4H3,(H,30,32);8-9,12,27H,5-7,10-11,13H2,1-4H3,(H,25,28);5-8H2,1-4H3,(H,18,20);4-5,9,12H,1-3,6-8H2;3-4,10,12H,1-2,5-6,8-9H2;1-2,4H,3H2,(H,10,11);1-2,5,10H,3-4H2;3H,1-2H3;6*1H3;;;. The monoisotopic (exact) mass is 2410 g/mol. The Labute approximate surface area is 911 Å². The first-order chi connectivity index (χ1) is 69.4. The van der Waals surface area contributed by atoms with E-state index in [1.165, 1.54) is 41.2 Å². The molecule has 3 unspecified atom stereocenters. The Morgan fingerprint density at radius 3 is 1.00 bits per heavy atom. The van der Waals surface area contributed by atoms with Gasteiger partial charge in [0.1, 0.15) is 44.3 Å². The number of nitrogens with zero attached hydrogens (tertiary/aromatic N) is 15. The molecule has 0 aromatic carbocycles. The summed E-state index contributed by atoms with van der Waals surface area (Å²) in [7, 11) is 5.67. The van der Waals surface area contributed by atoms with Crippen molar-refractivity contribution in [3.8, 4) is 23.0 Å². The number of aliphatic carboxylic acids is 1. The zero-order chi connectivity index (χ0) is 107. The zero-order valence-electron chi connectivity index (χ0n) is 89.6. The topological polar surface area (TPSA) is 385 Å². The van der Waals surface area contributed by atoms with E-state index < -0.39 is 66.6 Å². The molecular formula is C108H158Cl4N18O13Sn3. The molecule has 3 saturated heterocycles. The van der Waals surface area contributed by atoms with Gasteiger partial charge in [0.05, 0.1) is 45.0 Å². The summed E-state index contributed by atoms with van der Waals surface area (Å²) in [5, 5.41) is 36.6.